The van der Waals surface area contributed by atoms with E-state index in [1.165, 1.54) is 0 Å². The lowest BCUT2D eigenvalue weighted by Gasteiger charge is -2.27. The molecule has 13 heavy (non-hydrogen) atoms. The fourth-order valence-electron chi connectivity index (χ4n) is 1.29. The number of hydrogen-bond donors (Lipinski definition) is 2. The van der Waals surface area contributed by atoms with Gasteiger partial charge in [-0.1, -0.05) is 20.8 Å². The molecule has 0 heterocycles. The van der Waals surface area contributed by atoms with Crippen molar-refractivity contribution in [1.82, 2.24) is 4.90 Å². The van der Waals surface area contributed by atoms with Crippen molar-refractivity contribution in [1.29, 1.82) is 0 Å². The average molecular weight is 188 g/mol. The molecule has 0 rings (SSSR count). The zero-order valence-corrected chi connectivity index (χ0v) is 8.87. The maximum absolute atomic E-state index is 10.4. The van der Waals surface area contributed by atoms with Gasteiger partial charge in [0.25, 0.3) is 0 Å². The second-order valence-electron chi connectivity index (χ2n) is 4.70. The van der Waals surface area contributed by atoms with Crippen LogP contribution in [0.2, 0.25) is 0 Å². The molecule has 0 bridgehead atoms. The standard InChI is InChI=1S/C9H20N2O2/c1-9(2,3)6-11(4)5-7(10)8(12)13/h7H,5-6,10H2,1-4H3,(H,12,13). The quantitative estimate of drug-likeness (QED) is 0.669. The van der Waals surface area contributed by atoms with Gasteiger partial charge in [0.2, 0.25) is 0 Å². The number of aliphatic carboxylic acids is 1. The van der Waals surface area contributed by atoms with Crippen LogP contribution < -0.4 is 5.73 Å². The first kappa shape index (κ1) is 12.4. The van der Waals surface area contributed by atoms with Crippen molar-refractivity contribution in [2.45, 2.75) is 26.8 Å². The SMILES string of the molecule is CN(CC(N)C(=O)O)CC(C)(C)C. The summed E-state index contributed by atoms with van der Waals surface area (Å²) in [5, 5.41) is 8.58. The van der Waals surface area contributed by atoms with Crippen LogP contribution in [0.25, 0.3) is 0 Å². The monoisotopic (exact) mass is 188 g/mol. The molecule has 78 valence electrons. The van der Waals surface area contributed by atoms with Crippen molar-refractivity contribution in [3.8, 4) is 0 Å². The zero-order chi connectivity index (χ0) is 10.6. The van der Waals surface area contributed by atoms with Gasteiger partial charge in [0.05, 0.1) is 0 Å². The second-order valence-corrected chi connectivity index (χ2v) is 4.70. The summed E-state index contributed by atoms with van der Waals surface area (Å²) in [5.74, 6) is -0.944. The highest BCUT2D eigenvalue weighted by Crippen LogP contribution is 2.13. The number of rotatable bonds is 4. The summed E-state index contributed by atoms with van der Waals surface area (Å²) in [6, 6.07) is -0.785. The van der Waals surface area contributed by atoms with Crippen molar-refractivity contribution < 1.29 is 9.90 Å². The van der Waals surface area contributed by atoms with Gasteiger partial charge in [-0.05, 0) is 12.5 Å². The molecular weight excluding hydrogens is 168 g/mol. The van der Waals surface area contributed by atoms with Crippen molar-refractivity contribution in [2.75, 3.05) is 20.1 Å². The second kappa shape index (κ2) is 4.58. The third kappa shape index (κ3) is 6.54. The minimum atomic E-state index is -0.944. The first-order chi connectivity index (χ1) is 5.72. The fraction of sp³-hybridized carbons (Fsp3) is 0.889. The van der Waals surface area contributed by atoms with Crippen molar-refractivity contribution in [3.05, 3.63) is 0 Å². The summed E-state index contributed by atoms with van der Waals surface area (Å²) < 4.78 is 0. The van der Waals surface area contributed by atoms with Crippen LogP contribution >= 0.6 is 0 Å². The largest absolute Gasteiger partial charge is 0.480 e. The van der Waals surface area contributed by atoms with Crippen LogP contribution in [0.15, 0.2) is 0 Å². The molecular formula is C9H20N2O2. The molecule has 0 aliphatic rings. The minimum absolute atomic E-state index is 0.174. The van der Waals surface area contributed by atoms with Crippen LogP contribution in [-0.4, -0.2) is 42.2 Å². The first-order valence-electron chi connectivity index (χ1n) is 4.39. The molecule has 0 amide bonds. The molecule has 0 saturated carbocycles. The summed E-state index contributed by atoms with van der Waals surface area (Å²) in [4.78, 5) is 12.4. The van der Waals surface area contributed by atoms with Crippen molar-refractivity contribution in [3.63, 3.8) is 0 Å². The average Bonchev–Trinajstić information content (AvgIpc) is 1.81. The molecule has 0 saturated heterocycles. The van der Waals surface area contributed by atoms with Crippen LogP contribution in [0.5, 0.6) is 0 Å². The lowest BCUT2D eigenvalue weighted by atomic mass is 9.96. The van der Waals surface area contributed by atoms with E-state index in [1.807, 2.05) is 11.9 Å². The molecule has 4 heteroatoms. The first-order valence-corrected chi connectivity index (χ1v) is 4.39. The Bertz CT molecular complexity index is 175. The normalized spacial score (nSPS) is 14.6. The predicted molar refractivity (Wildman–Crippen MR) is 52.6 cm³/mol. The van der Waals surface area contributed by atoms with Gasteiger partial charge < -0.3 is 15.7 Å². The van der Waals surface area contributed by atoms with E-state index in [-0.39, 0.29) is 5.41 Å². The highest BCUT2D eigenvalue weighted by molar-refractivity contribution is 5.73. The molecule has 0 aromatic rings. The molecule has 0 radical (unpaired) electrons. The summed E-state index contributed by atoms with van der Waals surface area (Å²) in [7, 11) is 1.88. The van der Waals surface area contributed by atoms with Crippen LogP contribution in [-0.2, 0) is 4.79 Å². The van der Waals surface area contributed by atoms with Gasteiger partial charge in [0, 0.05) is 13.1 Å². The molecule has 1 atom stereocenters. The number of carboxylic acid groups (broad SMARTS) is 1. The number of carbonyl (C=O) groups is 1. The van der Waals surface area contributed by atoms with Crippen LogP contribution in [0.1, 0.15) is 20.8 Å². The zero-order valence-electron chi connectivity index (χ0n) is 8.87. The summed E-state index contributed by atoms with van der Waals surface area (Å²) in [5.41, 5.74) is 5.57. The van der Waals surface area contributed by atoms with Gasteiger partial charge in [0.1, 0.15) is 6.04 Å². The Morgan fingerprint density at radius 3 is 2.31 bits per heavy atom. The third-order valence-corrected chi connectivity index (χ3v) is 1.57. The number of nitrogens with zero attached hydrogens (tertiary/aromatic N) is 1. The molecule has 0 fully saturated rings. The maximum atomic E-state index is 10.4. The highest BCUT2D eigenvalue weighted by atomic mass is 16.4. The van der Waals surface area contributed by atoms with Gasteiger partial charge in [-0.25, -0.2) is 0 Å². The number of hydrogen-bond acceptors (Lipinski definition) is 3. The lowest BCUT2D eigenvalue weighted by Crippen LogP contribution is -2.43. The Hall–Kier alpha value is -0.610. The minimum Gasteiger partial charge on any atom is -0.480 e. The Morgan fingerprint density at radius 2 is 2.00 bits per heavy atom. The lowest BCUT2D eigenvalue weighted by molar-refractivity contribution is -0.139. The Labute approximate surface area is 79.7 Å². The Kier molecular flexibility index (Phi) is 4.36. The molecule has 0 aromatic heterocycles. The molecule has 4 nitrogen and oxygen atoms in total. The van der Waals surface area contributed by atoms with E-state index in [1.54, 1.807) is 0 Å². The van der Waals surface area contributed by atoms with E-state index in [2.05, 4.69) is 20.8 Å². The van der Waals surface area contributed by atoms with Crippen LogP contribution in [0, 0.1) is 5.41 Å². The van der Waals surface area contributed by atoms with E-state index in [9.17, 15) is 4.79 Å². The van der Waals surface area contributed by atoms with Crippen molar-refractivity contribution >= 4 is 5.97 Å². The highest BCUT2D eigenvalue weighted by Gasteiger charge is 2.18. The summed E-state index contributed by atoms with van der Waals surface area (Å²) in [6.07, 6.45) is 0. The van der Waals surface area contributed by atoms with Crippen LogP contribution in [0.4, 0.5) is 0 Å². The molecule has 0 aliphatic heterocycles. The molecule has 3 N–H and O–H groups in total. The van der Waals surface area contributed by atoms with Crippen LogP contribution in [0.3, 0.4) is 0 Å². The molecule has 0 aliphatic carbocycles. The Balaban J connectivity index is 3.88. The van der Waals surface area contributed by atoms with E-state index < -0.39 is 12.0 Å². The summed E-state index contributed by atoms with van der Waals surface area (Å²) >= 11 is 0. The van der Waals surface area contributed by atoms with E-state index in [0.29, 0.717) is 6.54 Å². The third-order valence-electron chi connectivity index (χ3n) is 1.57. The summed E-state index contributed by atoms with van der Waals surface area (Å²) in [6.45, 7) is 7.56. The molecule has 0 spiro atoms. The smallest absolute Gasteiger partial charge is 0.321 e. The number of likely N-dealkylation sites (N-methyl/N-ethyl adjacent to an activating group) is 1. The van der Waals surface area contributed by atoms with E-state index in [4.69, 9.17) is 10.8 Å². The van der Waals surface area contributed by atoms with Crippen molar-refractivity contribution in [2.24, 2.45) is 11.1 Å². The van der Waals surface area contributed by atoms with Gasteiger partial charge in [-0.15, -0.1) is 0 Å². The predicted octanol–water partition coefficient (Wildman–Crippen LogP) is 0.376. The number of carboxylic acids is 1. The van der Waals surface area contributed by atoms with Gasteiger partial charge >= 0.3 is 5.97 Å². The molecule has 1 unspecified atom stereocenters. The van der Waals surface area contributed by atoms with Gasteiger partial charge in [-0.2, -0.15) is 0 Å². The maximum Gasteiger partial charge on any atom is 0.321 e. The fourth-order valence-corrected chi connectivity index (χ4v) is 1.29. The number of nitrogens with two attached hydrogens (primary N) is 1. The topological polar surface area (TPSA) is 66.6 Å². The van der Waals surface area contributed by atoms with E-state index >= 15 is 0 Å². The van der Waals surface area contributed by atoms with Gasteiger partial charge in [0.15, 0.2) is 0 Å². The van der Waals surface area contributed by atoms with E-state index in [0.717, 1.165) is 6.54 Å². The van der Waals surface area contributed by atoms with Gasteiger partial charge in [-0.3, -0.25) is 4.79 Å². The molecule has 0 aromatic carbocycles. The Morgan fingerprint density at radius 1 is 1.54 bits per heavy atom.